The third-order valence-corrected chi connectivity index (χ3v) is 5.10. The standard InChI is InChI=1S/C20H23BrFN3O/c21-16-7-8-19(22)18(15-16)20(26)23-9-4-10-24-11-13-25(14-12-24)17-5-2-1-3-6-17/h1-3,5-8,15H,4,9-14H2,(H,23,26). The molecule has 0 radical (unpaired) electrons. The number of nitrogens with one attached hydrogen (secondary N) is 1. The second-order valence-electron chi connectivity index (χ2n) is 6.40. The zero-order chi connectivity index (χ0) is 18.4. The van der Waals surface area contributed by atoms with E-state index in [1.165, 1.54) is 17.8 Å². The highest BCUT2D eigenvalue weighted by molar-refractivity contribution is 9.10. The van der Waals surface area contributed by atoms with Gasteiger partial charge in [0.25, 0.3) is 5.91 Å². The fourth-order valence-electron chi connectivity index (χ4n) is 3.14. The number of carbonyl (C=O) groups is 1. The van der Waals surface area contributed by atoms with Gasteiger partial charge < -0.3 is 10.2 Å². The van der Waals surface area contributed by atoms with E-state index in [4.69, 9.17) is 0 Å². The molecule has 1 N–H and O–H groups in total. The molecular weight excluding hydrogens is 397 g/mol. The number of rotatable bonds is 6. The highest BCUT2D eigenvalue weighted by Crippen LogP contribution is 2.16. The molecule has 0 aromatic heterocycles. The Bertz CT molecular complexity index is 733. The number of amides is 1. The topological polar surface area (TPSA) is 35.6 Å². The van der Waals surface area contributed by atoms with Crippen LogP contribution in [0.2, 0.25) is 0 Å². The van der Waals surface area contributed by atoms with Crippen LogP contribution in [-0.2, 0) is 0 Å². The van der Waals surface area contributed by atoms with Gasteiger partial charge in [-0.05, 0) is 43.3 Å². The van der Waals surface area contributed by atoms with Crippen molar-refractivity contribution >= 4 is 27.5 Å². The van der Waals surface area contributed by atoms with Crippen molar-refractivity contribution in [3.05, 3.63) is 64.4 Å². The molecule has 1 amide bonds. The van der Waals surface area contributed by atoms with E-state index in [2.05, 4.69) is 55.3 Å². The van der Waals surface area contributed by atoms with E-state index in [-0.39, 0.29) is 11.5 Å². The van der Waals surface area contributed by atoms with Gasteiger partial charge in [-0.15, -0.1) is 0 Å². The van der Waals surface area contributed by atoms with E-state index in [0.717, 1.165) is 39.1 Å². The van der Waals surface area contributed by atoms with Gasteiger partial charge in [0.05, 0.1) is 5.56 Å². The highest BCUT2D eigenvalue weighted by atomic mass is 79.9. The Morgan fingerprint density at radius 1 is 1.08 bits per heavy atom. The number of benzene rings is 2. The normalized spacial score (nSPS) is 15.1. The van der Waals surface area contributed by atoms with Crippen molar-refractivity contribution in [1.29, 1.82) is 0 Å². The number of piperazine rings is 1. The van der Waals surface area contributed by atoms with Crippen LogP contribution in [0, 0.1) is 5.82 Å². The molecule has 2 aromatic carbocycles. The fourth-order valence-corrected chi connectivity index (χ4v) is 3.50. The molecule has 0 bridgehead atoms. The zero-order valence-electron chi connectivity index (χ0n) is 14.6. The molecule has 3 rings (SSSR count). The summed E-state index contributed by atoms with van der Waals surface area (Å²) in [5, 5.41) is 2.80. The molecule has 26 heavy (non-hydrogen) atoms. The maximum atomic E-state index is 13.7. The van der Waals surface area contributed by atoms with Crippen LogP contribution >= 0.6 is 15.9 Å². The molecule has 1 aliphatic heterocycles. The molecular formula is C20H23BrFN3O. The van der Waals surface area contributed by atoms with Crippen LogP contribution in [0.3, 0.4) is 0 Å². The Kier molecular flexibility index (Phi) is 6.63. The smallest absolute Gasteiger partial charge is 0.254 e. The SMILES string of the molecule is O=C(NCCCN1CCN(c2ccccc2)CC1)c1cc(Br)ccc1F. The predicted octanol–water partition coefficient (Wildman–Crippen LogP) is 3.53. The van der Waals surface area contributed by atoms with Crippen LogP contribution in [0.15, 0.2) is 53.0 Å². The summed E-state index contributed by atoms with van der Waals surface area (Å²) in [7, 11) is 0. The van der Waals surface area contributed by atoms with Gasteiger partial charge in [-0.25, -0.2) is 4.39 Å². The van der Waals surface area contributed by atoms with Gasteiger partial charge in [0, 0.05) is 42.9 Å². The van der Waals surface area contributed by atoms with E-state index in [1.807, 2.05) is 6.07 Å². The third-order valence-electron chi connectivity index (χ3n) is 4.60. The van der Waals surface area contributed by atoms with Crippen LogP contribution in [0.4, 0.5) is 10.1 Å². The molecule has 0 unspecified atom stereocenters. The summed E-state index contributed by atoms with van der Waals surface area (Å²) < 4.78 is 14.4. The number of anilines is 1. The van der Waals surface area contributed by atoms with Crippen LogP contribution in [0.1, 0.15) is 16.8 Å². The average molecular weight is 420 g/mol. The molecule has 0 atom stereocenters. The van der Waals surface area contributed by atoms with E-state index < -0.39 is 5.82 Å². The van der Waals surface area contributed by atoms with E-state index >= 15 is 0 Å². The van der Waals surface area contributed by atoms with Gasteiger partial charge in [0.15, 0.2) is 0 Å². The van der Waals surface area contributed by atoms with Crippen molar-refractivity contribution in [3.8, 4) is 0 Å². The van der Waals surface area contributed by atoms with Crippen LogP contribution < -0.4 is 10.2 Å². The molecule has 1 fully saturated rings. The first-order chi connectivity index (χ1) is 12.6. The molecule has 2 aromatic rings. The van der Waals surface area contributed by atoms with E-state index in [9.17, 15) is 9.18 Å². The molecule has 138 valence electrons. The van der Waals surface area contributed by atoms with Crippen molar-refractivity contribution in [3.63, 3.8) is 0 Å². The molecule has 4 nitrogen and oxygen atoms in total. The summed E-state index contributed by atoms with van der Waals surface area (Å²) in [5.41, 5.74) is 1.35. The number of hydrogen-bond donors (Lipinski definition) is 1. The Labute approximate surface area is 162 Å². The van der Waals surface area contributed by atoms with Crippen molar-refractivity contribution < 1.29 is 9.18 Å². The van der Waals surface area contributed by atoms with Gasteiger partial charge in [-0.1, -0.05) is 34.1 Å². The second-order valence-corrected chi connectivity index (χ2v) is 7.31. The molecule has 0 spiro atoms. The quantitative estimate of drug-likeness (QED) is 0.727. The first-order valence-corrected chi connectivity index (χ1v) is 9.68. The van der Waals surface area contributed by atoms with E-state index in [0.29, 0.717) is 11.0 Å². The minimum absolute atomic E-state index is 0.0795. The maximum Gasteiger partial charge on any atom is 0.254 e. The molecule has 1 aliphatic rings. The Morgan fingerprint density at radius 2 is 1.81 bits per heavy atom. The lowest BCUT2D eigenvalue weighted by Gasteiger charge is -2.36. The summed E-state index contributed by atoms with van der Waals surface area (Å²) >= 11 is 3.26. The zero-order valence-corrected chi connectivity index (χ0v) is 16.2. The lowest BCUT2D eigenvalue weighted by molar-refractivity contribution is 0.0947. The van der Waals surface area contributed by atoms with Gasteiger partial charge >= 0.3 is 0 Å². The van der Waals surface area contributed by atoms with Crippen molar-refractivity contribution in [1.82, 2.24) is 10.2 Å². The number of halogens is 2. The number of para-hydroxylation sites is 1. The monoisotopic (exact) mass is 419 g/mol. The summed E-state index contributed by atoms with van der Waals surface area (Å²) in [5.74, 6) is -0.861. The first kappa shape index (κ1) is 18.9. The van der Waals surface area contributed by atoms with Crippen LogP contribution in [0.25, 0.3) is 0 Å². The molecule has 6 heteroatoms. The number of hydrogen-bond acceptors (Lipinski definition) is 3. The second kappa shape index (κ2) is 9.14. The summed E-state index contributed by atoms with van der Waals surface area (Å²) in [6.45, 7) is 5.54. The van der Waals surface area contributed by atoms with Crippen molar-refractivity contribution in [2.75, 3.05) is 44.2 Å². The van der Waals surface area contributed by atoms with Gasteiger partial charge in [0.2, 0.25) is 0 Å². The Hall–Kier alpha value is -1.92. The van der Waals surface area contributed by atoms with Crippen LogP contribution in [-0.4, -0.2) is 50.1 Å². The molecule has 1 heterocycles. The maximum absolute atomic E-state index is 13.7. The van der Waals surface area contributed by atoms with Gasteiger partial charge in [-0.3, -0.25) is 9.69 Å². The largest absolute Gasteiger partial charge is 0.369 e. The fraction of sp³-hybridized carbons (Fsp3) is 0.350. The number of nitrogens with zero attached hydrogens (tertiary/aromatic N) is 2. The third kappa shape index (κ3) is 5.05. The van der Waals surface area contributed by atoms with Crippen LogP contribution in [0.5, 0.6) is 0 Å². The predicted molar refractivity (Wildman–Crippen MR) is 106 cm³/mol. The highest BCUT2D eigenvalue weighted by Gasteiger charge is 2.17. The van der Waals surface area contributed by atoms with E-state index in [1.54, 1.807) is 6.07 Å². The average Bonchev–Trinajstić information content (AvgIpc) is 2.68. The molecule has 0 aliphatic carbocycles. The van der Waals surface area contributed by atoms with Gasteiger partial charge in [0.1, 0.15) is 5.82 Å². The molecule has 0 saturated carbocycles. The molecule has 1 saturated heterocycles. The summed E-state index contributed by atoms with van der Waals surface area (Å²) in [4.78, 5) is 16.9. The lowest BCUT2D eigenvalue weighted by Crippen LogP contribution is -2.47. The van der Waals surface area contributed by atoms with Crippen molar-refractivity contribution in [2.45, 2.75) is 6.42 Å². The minimum Gasteiger partial charge on any atom is -0.369 e. The summed E-state index contributed by atoms with van der Waals surface area (Å²) in [6, 6.07) is 14.9. The Morgan fingerprint density at radius 3 is 2.54 bits per heavy atom. The first-order valence-electron chi connectivity index (χ1n) is 8.89. The number of carbonyl (C=O) groups excluding carboxylic acids is 1. The lowest BCUT2D eigenvalue weighted by atomic mass is 10.2. The van der Waals surface area contributed by atoms with Crippen molar-refractivity contribution in [2.24, 2.45) is 0 Å². The Balaban J connectivity index is 1.37. The van der Waals surface area contributed by atoms with Gasteiger partial charge in [-0.2, -0.15) is 0 Å². The minimum atomic E-state index is -0.497. The summed E-state index contributed by atoms with van der Waals surface area (Å²) in [6.07, 6.45) is 0.854.